The lowest BCUT2D eigenvalue weighted by molar-refractivity contribution is 0.313. The lowest BCUT2D eigenvalue weighted by atomic mass is 9.99. The highest BCUT2D eigenvalue weighted by Gasteiger charge is 2.29. The second kappa shape index (κ2) is 4.44. The van der Waals surface area contributed by atoms with Gasteiger partial charge in [-0.2, -0.15) is 0 Å². The van der Waals surface area contributed by atoms with Crippen LogP contribution in [0, 0.1) is 12.8 Å². The molecule has 2 unspecified atom stereocenters. The topological polar surface area (TPSA) is 49.5 Å². The van der Waals surface area contributed by atoms with E-state index < -0.39 is 0 Å². The largest absolute Gasteiger partial charge is 0.508 e. The van der Waals surface area contributed by atoms with E-state index in [4.69, 9.17) is 5.73 Å². The number of phenolic OH excluding ortho intramolecular Hbond substituents is 1. The first-order valence-corrected chi connectivity index (χ1v) is 5.81. The highest BCUT2D eigenvalue weighted by molar-refractivity contribution is 5.37. The fourth-order valence-corrected chi connectivity index (χ4v) is 2.50. The minimum absolute atomic E-state index is 0.391. The van der Waals surface area contributed by atoms with Gasteiger partial charge in [0.05, 0.1) is 0 Å². The summed E-state index contributed by atoms with van der Waals surface area (Å²) >= 11 is 0. The van der Waals surface area contributed by atoms with Gasteiger partial charge < -0.3 is 10.8 Å². The van der Waals surface area contributed by atoms with Gasteiger partial charge in [-0.3, -0.25) is 4.90 Å². The van der Waals surface area contributed by atoms with E-state index in [0.717, 1.165) is 25.1 Å². The van der Waals surface area contributed by atoms with Crippen LogP contribution < -0.4 is 5.73 Å². The molecule has 0 aliphatic carbocycles. The van der Waals surface area contributed by atoms with Crippen LogP contribution in [-0.4, -0.2) is 30.1 Å². The molecule has 0 saturated carbocycles. The Morgan fingerprint density at radius 2 is 2.25 bits per heavy atom. The number of hydrogen-bond acceptors (Lipinski definition) is 3. The Morgan fingerprint density at radius 3 is 2.81 bits per heavy atom. The van der Waals surface area contributed by atoms with Gasteiger partial charge >= 0.3 is 0 Å². The summed E-state index contributed by atoms with van der Waals surface area (Å²) in [5.74, 6) is 0.973. The predicted molar refractivity (Wildman–Crippen MR) is 65.4 cm³/mol. The number of benzene rings is 1. The van der Waals surface area contributed by atoms with E-state index in [9.17, 15) is 5.11 Å². The van der Waals surface area contributed by atoms with Crippen LogP contribution in [0.3, 0.4) is 0 Å². The number of phenols is 1. The van der Waals surface area contributed by atoms with Crippen molar-refractivity contribution in [2.45, 2.75) is 19.4 Å². The highest BCUT2D eigenvalue weighted by atomic mass is 16.3. The van der Waals surface area contributed by atoms with Gasteiger partial charge in [-0.1, -0.05) is 12.1 Å². The zero-order valence-electron chi connectivity index (χ0n) is 9.98. The fraction of sp³-hybridized carbons (Fsp3) is 0.538. The number of hydrogen-bond donors (Lipinski definition) is 2. The van der Waals surface area contributed by atoms with E-state index in [-0.39, 0.29) is 0 Å². The van der Waals surface area contributed by atoms with Crippen molar-refractivity contribution < 1.29 is 5.11 Å². The van der Waals surface area contributed by atoms with Crippen LogP contribution in [0.5, 0.6) is 5.75 Å². The second-order valence-corrected chi connectivity index (χ2v) is 4.84. The summed E-state index contributed by atoms with van der Waals surface area (Å²) < 4.78 is 0. The van der Waals surface area contributed by atoms with E-state index >= 15 is 0 Å². The monoisotopic (exact) mass is 220 g/mol. The van der Waals surface area contributed by atoms with E-state index in [0.29, 0.717) is 17.7 Å². The van der Waals surface area contributed by atoms with E-state index in [1.54, 1.807) is 0 Å². The Bertz CT molecular complexity index is 378. The lowest BCUT2D eigenvalue weighted by Gasteiger charge is -2.20. The molecule has 0 radical (unpaired) electrons. The van der Waals surface area contributed by atoms with Crippen molar-refractivity contribution in [2.24, 2.45) is 11.7 Å². The molecule has 1 aliphatic heterocycles. The zero-order valence-corrected chi connectivity index (χ0v) is 9.98. The average molecular weight is 220 g/mol. The first-order chi connectivity index (χ1) is 7.61. The average Bonchev–Trinajstić information content (AvgIpc) is 2.64. The Kier molecular flexibility index (Phi) is 3.17. The van der Waals surface area contributed by atoms with E-state index in [2.05, 4.69) is 18.0 Å². The van der Waals surface area contributed by atoms with Crippen LogP contribution in [0.15, 0.2) is 18.2 Å². The van der Waals surface area contributed by atoms with Crippen molar-refractivity contribution in [1.29, 1.82) is 0 Å². The molecular formula is C13H20N2O. The van der Waals surface area contributed by atoms with Gasteiger partial charge in [0.2, 0.25) is 0 Å². The molecule has 0 aromatic heterocycles. The smallest absolute Gasteiger partial charge is 0.118 e. The summed E-state index contributed by atoms with van der Waals surface area (Å²) in [6.07, 6.45) is 1.09. The number of aryl methyl sites for hydroxylation is 1. The summed E-state index contributed by atoms with van der Waals surface area (Å²) in [4.78, 5) is 2.32. The Balaban J connectivity index is 2.21. The highest BCUT2D eigenvalue weighted by Crippen LogP contribution is 2.35. The van der Waals surface area contributed by atoms with E-state index in [1.165, 1.54) is 5.56 Å². The molecular weight excluding hydrogens is 200 g/mol. The normalized spacial score (nSPS) is 26.2. The van der Waals surface area contributed by atoms with Crippen molar-refractivity contribution in [3.05, 3.63) is 29.3 Å². The number of nitrogens with zero attached hydrogens (tertiary/aromatic N) is 1. The minimum atomic E-state index is 0.391. The predicted octanol–water partition coefficient (Wildman–Crippen LogP) is 1.65. The first-order valence-electron chi connectivity index (χ1n) is 5.81. The molecule has 1 aliphatic rings. The Labute approximate surface area is 96.9 Å². The van der Waals surface area contributed by atoms with Gasteiger partial charge in [0.25, 0.3) is 0 Å². The standard InChI is InChI=1S/C13H20N2O/c1-9-3-4-11(6-13(9)16)12-5-10(7-14)8-15(12)2/h3-4,6,10,12,16H,5,7-8,14H2,1-2H3. The summed E-state index contributed by atoms with van der Waals surface area (Å²) in [5.41, 5.74) is 7.84. The summed E-state index contributed by atoms with van der Waals surface area (Å²) in [5, 5.41) is 9.73. The van der Waals surface area contributed by atoms with Gasteiger partial charge in [-0.05, 0) is 50.0 Å². The number of likely N-dealkylation sites (tertiary alicyclic amines) is 1. The molecule has 2 atom stereocenters. The summed E-state index contributed by atoms with van der Waals surface area (Å²) in [6, 6.07) is 6.37. The van der Waals surface area contributed by atoms with Crippen LogP contribution in [0.1, 0.15) is 23.6 Å². The van der Waals surface area contributed by atoms with Gasteiger partial charge in [-0.25, -0.2) is 0 Å². The first kappa shape index (κ1) is 11.4. The lowest BCUT2D eigenvalue weighted by Crippen LogP contribution is -2.20. The van der Waals surface area contributed by atoms with Crippen molar-refractivity contribution in [3.63, 3.8) is 0 Å². The molecule has 0 amide bonds. The van der Waals surface area contributed by atoms with Gasteiger partial charge in [0, 0.05) is 12.6 Å². The molecule has 1 heterocycles. The molecule has 1 aromatic rings. The van der Waals surface area contributed by atoms with E-state index in [1.807, 2.05) is 19.1 Å². The molecule has 0 bridgehead atoms. The van der Waals surface area contributed by atoms with Gasteiger partial charge in [0.1, 0.15) is 5.75 Å². The van der Waals surface area contributed by atoms with Crippen molar-refractivity contribution in [1.82, 2.24) is 4.90 Å². The SMILES string of the molecule is Cc1ccc(C2CC(CN)CN2C)cc1O. The molecule has 1 aromatic carbocycles. The van der Waals surface area contributed by atoms with Crippen molar-refractivity contribution in [2.75, 3.05) is 20.1 Å². The fourth-order valence-electron chi connectivity index (χ4n) is 2.50. The maximum absolute atomic E-state index is 9.73. The second-order valence-electron chi connectivity index (χ2n) is 4.84. The van der Waals surface area contributed by atoms with Crippen molar-refractivity contribution >= 4 is 0 Å². The van der Waals surface area contributed by atoms with Crippen LogP contribution in [0.2, 0.25) is 0 Å². The number of nitrogens with two attached hydrogens (primary N) is 1. The molecule has 3 N–H and O–H groups in total. The third-order valence-electron chi connectivity index (χ3n) is 3.59. The maximum Gasteiger partial charge on any atom is 0.118 e. The van der Waals surface area contributed by atoms with Crippen LogP contribution in [0.4, 0.5) is 0 Å². The third kappa shape index (κ3) is 2.06. The molecule has 1 fully saturated rings. The summed E-state index contributed by atoms with van der Waals surface area (Å²) in [7, 11) is 2.12. The van der Waals surface area contributed by atoms with Gasteiger partial charge in [-0.15, -0.1) is 0 Å². The summed E-state index contributed by atoms with van der Waals surface area (Å²) in [6.45, 7) is 3.72. The molecule has 3 heteroatoms. The third-order valence-corrected chi connectivity index (χ3v) is 3.59. The Morgan fingerprint density at radius 1 is 1.50 bits per heavy atom. The number of aromatic hydroxyl groups is 1. The van der Waals surface area contributed by atoms with Gasteiger partial charge in [0.15, 0.2) is 0 Å². The minimum Gasteiger partial charge on any atom is -0.508 e. The maximum atomic E-state index is 9.73. The van der Waals surface area contributed by atoms with Crippen molar-refractivity contribution in [3.8, 4) is 5.75 Å². The quantitative estimate of drug-likeness (QED) is 0.797. The number of rotatable bonds is 2. The molecule has 16 heavy (non-hydrogen) atoms. The Hall–Kier alpha value is -1.06. The molecule has 0 spiro atoms. The molecule has 3 nitrogen and oxygen atoms in total. The molecule has 2 rings (SSSR count). The zero-order chi connectivity index (χ0) is 11.7. The van der Waals surface area contributed by atoms with Crippen LogP contribution in [0.25, 0.3) is 0 Å². The van der Waals surface area contributed by atoms with Crippen LogP contribution in [-0.2, 0) is 0 Å². The molecule has 88 valence electrons. The molecule has 1 saturated heterocycles. The van der Waals surface area contributed by atoms with Crippen LogP contribution >= 0.6 is 0 Å².